The van der Waals surface area contributed by atoms with Crippen LogP contribution in [-0.2, 0) is 6.42 Å². The highest BCUT2D eigenvalue weighted by Crippen LogP contribution is 2.45. The number of nitrogens with zero attached hydrogens (tertiary/aromatic N) is 4. The van der Waals surface area contributed by atoms with Gasteiger partial charge in [0.25, 0.3) is 0 Å². The SMILES string of the molecule is CCc1c(OC)nc(-c2c(OC)ncnc2C2CC2)nc1SC. The van der Waals surface area contributed by atoms with Gasteiger partial charge < -0.3 is 9.47 Å². The van der Waals surface area contributed by atoms with Crippen molar-refractivity contribution in [2.75, 3.05) is 20.5 Å². The van der Waals surface area contributed by atoms with Crippen molar-refractivity contribution in [1.82, 2.24) is 19.9 Å². The molecule has 1 aliphatic carbocycles. The molecular weight excluding hydrogens is 312 g/mol. The van der Waals surface area contributed by atoms with E-state index in [1.54, 1.807) is 32.3 Å². The first kappa shape index (κ1) is 16.0. The van der Waals surface area contributed by atoms with Crippen LogP contribution in [-0.4, -0.2) is 40.4 Å². The first-order chi connectivity index (χ1) is 11.2. The number of rotatable bonds is 6. The normalized spacial score (nSPS) is 13.9. The number of hydrogen-bond donors (Lipinski definition) is 0. The lowest BCUT2D eigenvalue weighted by Gasteiger charge is -2.14. The van der Waals surface area contributed by atoms with Crippen LogP contribution in [0, 0.1) is 0 Å². The maximum atomic E-state index is 5.48. The minimum atomic E-state index is 0.445. The summed E-state index contributed by atoms with van der Waals surface area (Å²) in [5.41, 5.74) is 2.77. The van der Waals surface area contributed by atoms with Gasteiger partial charge in [-0.05, 0) is 25.5 Å². The Bertz CT molecular complexity index is 694. The third-order valence-electron chi connectivity index (χ3n) is 3.89. The molecular formula is C16H20N4O2S. The Hall–Kier alpha value is -1.89. The van der Waals surface area contributed by atoms with Crippen molar-refractivity contribution in [1.29, 1.82) is 0 Å². The Morgan fingerprint density at radius 1 is 1.13 bits per heavy atom. The minimum Gasteiger partial charge on any atom is -0.481 e. The van der Waals surface area contributed by atoms with Gasteiger partial charge in [0.05, 0.1) is 19.9 Å². The zero-order chi connectivity index (χ0) is 16.4. The summed E-state index contributed by atoms with van der Waals surface area (Å²) in [6, 6.07) is 0. The predicted octanol–water partition coefficient (Wildman–Crippen LogP) is 3.11. The highest BCUT2D eigenvalue weighted by Gasteiger charge is 2.32. The molecule has 23 heavy (non-hydrogen) atoms. The summed E-state index contributed by atoms with van der Waals surface area (Å²) >= 11 is 1.59. The number of hydrogen-bond acceptors (Lipinski definition) is 7. The lowest BCUT2D eigenvalue weighted by atomic mass is 10.1. The Morgan fingerprint density at radius 3 is 2.43 bits per heavy atom. The fourth-order valence-corrected chi connectivity index (χ4v) is 3.26. The topological polar surface area (TPSA) is 70.0 Å². The molecule has 0 N–H and O–H groups in total. The largest absolute Gasteiger partial charge is 0.481 e. The van der Waals surface area contributed by atoms with Gasteiger partial charge in [0, 0.05) is 11.5 Å². The van der Waals surface area contributed by atoms with Gasteiger partial charge in [0.15, 0.2) is 5.82 Å². The molecule has 0 bridgehead atoms. The summed E-state index contributed by atoms with van der Waals surface area (Å²) in [6.07, 6.45) is 6.63. The van der Waals surface area contributed by atoms with E-state index < -0.39 is 0 Å². The van der Waals surface area contributed by atoms with Gasteiger partial charge in [-0.25, -0.2) is 15.0 Å². The molecule has 0 unspecified atom stereocenters. The van der Waals surface area contributed by atoms with Crippen LogP contribution < -0.4 is 9.47 Å². The van der Waals surface area contributed by atoms with E-state index in [4.69, 9.17) is 14.5 Å². The van der Waals surface area contributed by atoms with Crippen molar-refractivity contribution in [3.05, 3.63) is 17.6 Å². The van der Waals surface area contributed by atoms with Crippen molar-refractivity contribution in [3.63, 3.8) is 0 Å². The predicted molar refractivity (Wildman–Crippen MR) is 89.3 cm³/mol. The molecule has 0 spiro atoms. The van der Waals surface area contributed by atoms with E-state index in [2.05, 4.69) is 21.9 Å². The van der Waals surface area contributed by atoms with Crippen LogP contribution >= 0.6 is 11.8 Å². The molecule has 3 rings (SSSR count). The maximum Gasteiger partial charge on any atom is 0.227 e. The second kappa shape index (κ2) is 6.70. The standard InChI is InChI=1S/C16H20N4O2S/c1-5-10-14(21-2)19-13(20-16(10)23-4)11-12(9-6-7-9)17-8-18-15(11)22-3/h8-9H,5-7H2,1-4H3. The van der Waals surface area contributed by atoms with Crippen molar-refractivity contribution >= 4 is 11.8 Å². The van der Waals surface area contributed by atoms with E-state index in [0.717, 1.165) is 41.1 Å². The molecule has 7 heteroatoms. The summed E-state index contributed by atoms with van der Waals surface area (Å²) in [5.74, 6) is 2.14. The Labute approximate surface area is 140 Å². The molecule has 0 amide bonds. The molecule has 0 saturated heterocycles. The molecule has 0 aromatic carbocycles. The van der Waals surface area contributed by atoms with Crippen molar-refractivity contribution in [2.24, 2.45) is 0 Å². The van der Waals surface area contributed by atoms with E-state index in [-0.39, 0.29) is 0 Å². The molecule has 0 atom stereocenters. The Balaban J connectivity index is 2.22. The van der Waals surface area contributed by atoms with E-state index in [1.165, 1.54) is 0 Å². The quantitative estimate of drug-likeness (QED) is 0.594. The van der Waals surface area contributed by atoms with Crippen LogP contribution in [0.2, 0.25) is 0 Å². The summed E-state index contributed by atoms with van der Waals surface area (Å²) in [7, 11) is 3.24. The lowest BCUT2D eigenvalue weighted by molar-refractivity contribution is 0.388. The van der Waals surface area contributed by atoms with E-state index >= 15 is 0 Å². The van der Waals surface area contributed by atoms with E-state index in [9.17, 15) is 0 Å². The molecule has 6 nitrogen and oxygen atoms in total. The number of aromatic nitrogens is 4. The number of thioether (sulfide) groups is 1. The Kier molecular flexibility index (Phi) is 4.66. The summed E-state index contributed by atoms with van der Waals surface area (Å²) < 4.78 is 10.9. The third-order valence-corrected chi connectivity index (χ3v) is 4.62. The zero-order valence-electron chi connectivity index (χ0n) is 13.8. The van der Waals surface area contributed by atoms with Gasteiger partial charge in [-0.3, -0.25) is 0 Å². The molecule has 2 aromatic rings. The second-order valence-electron chi connectivity index (χ2n) is 5.32. The summed E-state index contributed by atoms with van der Waals surface area (Å²) in [4.78, 5) is 18.0. The first-order valence-electron chi connectivity index (χ1n) is 7.61. The van der Waals surface area contributed by atoms with Crippen LogP contribution in [0.25, 0.3) is 11.4 Å². The number of ether oxygens (including phenoxy) is 2. The molecule has 1 aliphatic rings. The molecule has 2 aromatic heterocycles. The second-order valence-corrected chi connectivity index (χ2v) is 6.11. The smallest absolute Gasteiger partial charge is 0.227 e. The van der Waals surface area contributed by atoms with Gasteiger partial charge in [-0.15, -0.1) is 11.8 Å². The van der Waals surface area contributed by atoms with Gasteiger partial charge in [0.2, 0.25) is 11.8 Å². The zero-order valence-corrected chi connectivity index (χ0v) is 14.6. The summed E-state index contributed by atoms with van der Waals surface area (Å²) in [6.45, 7) is 2.07. The maximum absolute atomic E-state index is 5.48. The fraction of sp³-hybridized carbons (Fsp3) is 0.500. The van der Waals surface area contributed by atoms with Gasteiger partial charge in [-0.2, -0.15) is 4.98 Å². The highest BCUT2D eigenvalue weighted by atomic mass is 32.2. The van der Waals surface area contributed by atoms with E-state index in [0.29, 0.717) is 23.5 Å². The number of methoxy groups -OCH3 is 2. The summed E-state index contributed by atoms with van der Waals surface area (Å²) in [5, 5.41) is 0.919. The monoisotopic (exact) mass is 332 g/mol. The molecule has 2 heterocycles. The molecule has 1 fully saturated rings. The molecule has 0 radical (unpaired) electrons. The van der Waals surface area contributed by atoms with Crippen LogP contribution in [0.3, 0.4) is 0 Å². The Morgan fingerprint density at radius 2 is 1.87 bits per heavy atom. The van der Waals surface area contributed by atoms with Crippen molar-refractivity contribution in [3.8, 4) is 23.1 Å². The van der Waals surface area contributed by atoms with Crippen LogP contribution in [0.5, 0.6) is 11.8 Å². The average Bonchev–Trinajstić information content (AvgIpc) is 3.44. The molecule has 0 aliphatic heterocycles. The lowest BCUT2D eigenvalue weighted by Crippen LogP contribution is -2.06. The van der Waals surface area contributed by atoms with Crippen molar-refractivity contribution in [2.45, 2.75) is 37.1 Å². The van der Waals surface area contributed by atoms with Crippen LogP contribution in [0.1, 0.15) is 36.9 Å². The first-order valence-corrected chi connectivity index (χ1v) is 8.84. The van der Waals surface area contributed by atoms with Crippen LogP contribution in [0.4, 0.5) is 0 Å². The average molecular weight is 332 g/mol. The highest BCUT2D eigenvalue weighted by molar-refractivity contribution is 7.98. The van der Waals surface area contributed by atoms with Gasteiger partial charge >= 0.3 is 0 Å². The van der Waals surface area contributed by atoms with Gasteiger partial charge in [0.1, 0.15) is 16.9 Å². The molecule has 122 valence electrons. The third kappa shape index (κ3) is 2.97. The minimum absolute atomic E-state index is 0.445. The van der Waals surface area contributed by atoms with Crippen molar-refractivity contribution < 1.29 is 9.47 Å². The van der Waals surface area contributed by atoms with Gasteiger partial charge in [-0.1, -0.05) is 6.92 Å². The van der Waals surface area contributed by atoms with E-state index in [1.807, 2.05) is 6.26 Å². The van der Waals surface area contributed by atoms with Crippen LogP contribution in [0.15, 0.2) is 11.4 Å². The molecule has 1 saturated carbocycles. The fourth-order valence-electron chi connectivity index (χ4n) is 2.61.